The van der Waals surface area contributed by atoms with Crippen LogP contribution >= 0.6 is 11.3 Å². The van der Waals surface area contributed by atoms with Crippen molar-refractivity contribution in [2.75, 3.05) is 33.0 Å². The van der Waals surface area contributed by atoms with E-state index in [2.05, 4.69) is 0 Å². The number of rotatable bonds is 3. The van der Waals surface area contributed by atoms with E-state index < -0.39 is 0 Å². The third kappa shape index (κ3) is 3.43. The van der Waals surface area contributed by atoms with E-state index in [-0.39, 0.29) is 18.6 Å². The lowest BCUT2D eigenvalue weighted by Gasteiger charge is -2.34. The number of carbonyl (C=O) groups is 2. The molecule has 0 bridgehead atoms. The van der Waals surface area contributed by atoms with Crippen molar-refractivity contribution in [2.45, 2.75) is 0 Å². The Balaban J connectivity index is 1.33. The van der Waals surface area contributed by atoms with E-state index in [0.717, 1.165) is 16.2 Å². The second-order valence-electron chi connectivity index (χ2n) is 6.04. The van der Waals surface area contributed by atoms with Gasteiger partial charge in [0.1, 0.15) is 0 Å². The predicted molar refractivity (Wildman–Crippen MR) is 98.4 cm³/mol. The zero-order valence-corrected chi connectivity index (χ0v) is 14.9. The molecule has 0 radical (unpaired) electrons. The average Bonchev–Trinajstić information content (AvgIpc) is 3.37. The number of hydrogen-bond donors (Lipinski definition) is 0. The van der Waals surface area contributed by atoms with Crippen molar-refractivity contribution < 1.29 is 19.1 Å². The molecule has 7 heteroatoms. The lowest BCUT2D eigenvalue weighted by Crippen LogP contribution is -2.50. The van der Waals surface area contributed by atoms with Crippen LogP contribution < -0.4 is 9.47 Å². The van der Waals surface area contributed by atoms with Crippen LogP contribution in [0.1, 0.15) is 15.2 Å². The molecule has 4 rings (SSSR count). The molecule has 0 saturated carbocycles. The van der Waals surface area contributed by atoms with Gasteiger partial charge in [0.15, 0.2) is 11.5 Å². The molecule has 2 aliphatic rings. The van der Waals surface area contributed by atoms with Crippen LogP contribution in [0.25, 0.3) is 6.08 Å². The third-order valence-electron chi connectivity index (χ3n) is 4.43. The molecule has 0 spiro atoms. The minimum Gasteiger partial charge on any atom is -0.454 e. The first-order valence-electron chi connectivity index (χ1n) is 8.40. The fourth-order valence-corrected chi connectivity index (χ4v) is 3.67. The van der Waals surface area contributed by atoms with Crippen LogP contribution in [0.5, 0.6) is 11.5 Å². The van der Waals surface area contributed by atoms with Gasteiger partial charge in [0.2, 0.25) is 12.7 Å². The Labute approximate surface area is 155 Å². The summed E-state index contributed by atoms with van der Waals surface area (Å²) in [5.74, 6) is 1.41. The largest absolute Gasteiger partial charge is 0.454 e. The lowest BCUT2D eigenvalue weighted by atomic mass is 10.2. The van der Waals surface area contributed by atoms with E-state index in [4.69, 9.17) is 9.47 Å². The Morgan fingerprint density at radius 2 is 1.77 bits per heavy atom. The molecule has 1 saturated heterocycles. The van der Waals surface area contributed by atoms with E-state index in [9.17, 15) is 9.59 Å². The second kappa shape index (κ2) is 7.21. The summed E-state index contributed by atoms with van der Waals surface area (Å²) in [7, 11) is 0. The van der Waals surface area contributed by atoms with Gasteiger partial charge in [-0.2, -0.15) is 0 Å². The Morgan fingerprint density at radius 3 is 2.54 bits per heavy atom. The summed E-state index contributed by atoms with van der Waals surface area (Å²) < 4.78 is 10.6. The molecule has 1 aromatic heterocycles. The monoisotopic (exact) mass is 370 g/mol. The lowest BCUT2D eigenvalue weighted by molar-refractivity contribution is -0.127. The van der Waals surface area contributed by atoms with Gasteiger partial charge in [0.05, 0.1) is 4.88 Å². The van der Waals surface area contributed by atoms with Crippen molar-refractivity contribution in [2.24, 2.45) is 0 Å². The highest BCUT2D eigenvalue weighted by molar-refractivity contribution is 7.12. The molecule has 26 heavy (non-hydrogen) atoms. The number of nitrogens with zero attached hydrogens (tertiary/aromatic N) is 2. The molecule has 0 unspecified atom stereocenters. The van der Waals surface area contributed by atoms with E-state index in [0.29, 0.717) is 31.9 Å². The minimum absolute atomic E-state index is 0.0444. The Bertz CT molecular complexity index is 839. The number of amides is 2. The smallest absolute Gasteiger partial charge is 0.264 e. The molecule has 0 atom stereocenters. The molecule has 2 amide bonds. The Morgan fingerprint density at radius 1 is 1.00 bits per heavy atom. The molecule has 0 aliphatic carbocycles. The summed E-state index contributed by atoms with van der Waals surface area (Å²) in [6.45, 7) is 2.43. The summed E-state index contributed by atoms with van der Waals surface area (Å²) >= 11 is 1.44. The van der Waals surface area contributed by atoms with Gasteiger partial charge in [-0.05, 0) is 35.2 Å². The van der Waals surface area contributed by atoms with Gasteiger partial charge in [-0.1, -0.05) is 12.1 Å². The maximum atomic E-state index is 12.4. The summed E-state index contributed by atoms with van der Waals surface area (Å²) in [5.41, 5.74) is 0.883. The number of thiophene rings is 1. The SMILES string of the molecule is O=C(/C=C/c1ccc2c(c1)OCO2)N1CCN(C(=O)c2cccs2)CC1. The quantitative estimate of drug-likeness (QED) is 0.779. The summed E-state index contributed by atoms with van der Waals surface area (Å²) in [5, 5.41) is 1.90. The van der Waals surface area contributed by atoms with Crippen molar-refractivity contribution in [1.82, 2.24) is 9.80 Å². The van der Waals surface area contributed by atoms with Crippen LogP contribution in [-0.2, 0) is 4.79 Å². The molecular formula is C19H18N2O4S. The van der Waals surface area contributed by atoms with Gasteiger partial charge in [0.25, 0.3) is 5.91 Å². The first-order chi connectivity index (χ1) is 12.7. The van der Waals surface area contributed by atoms with Gasteiger partial charge in [-0.25, -0.2) is 0 Å². The molecule has 1 fully saturated rings. The topological polar surface area (TPSA) is 59.1 Å². The highest BCUT2D eigenvalue weighted by Crippen LogP contribution is 2.32. The van der Waals surface area contributed by atoms with Gasteiger partial charge in [-0.3, -0.25) is 9.59 Å². The number of piperazine rings is 1. The standard InChI is InChI=1S/C19H18N2O4S/c22-18(6-4-14-3-5-15-16(12-14)25-13-24-15)20-7-9-21(10-8-20)19(23)17-2-1-11-26-17/h1-6,11-12H,7-10,13H2/b6-4+. The van der Waals surface area contributed by atoms with Crippen molar-refractivity contribution in [3.63, 3.8) is 0 Å². The second-order valence-corrected chi connectivity index (χ2v) is 6.99. The minimum atomic E-state index is -0.0501. The first kappa shape index (κ1) is 16.7. The molecule has 2 aromatic rings. The number of hydrogen-bond acceptors (Lipinski definition) is 5. The Kier molecular flexibility index (Phi) is 4.62. The van der Waals surface area contributed by atoms with Crippen molar-refractivity contribution in [3.8, 4) is 11.5 Å². The van der Waals surface area contributed by atoms with Crippen molar-refractivity contribution >= 4 is 29.2 Å². The van der Waals surface area contributed by atoms with Gasteiger partial charge in [0, 0.05) is 32.3 Å². The van der Waals surface area contributed by atoms with Crippen LogP contribution in [0.15, 0.2) is 41.8 Å². The van der Waals surface area contributed by atoms with E-state index >= 15 is 0 Å². The molecule has 2 aliphatic heterocycles. The van der Waals surface area contributed by atoms with E-state index in [1.165, 1.54) is 11.3 Å². The van der Waals surface area contributed by atoms with Gasteiger partial charge in [-0.15, -0.1) is 11.3 Å². The zero-order valence-electron chi connectivity index (χ0n) is 14.1. The van der Waals surface area contributed by atoms with E-state index in [1.807, 2.05) is 35.7 Å². The van der Waals surface area contributed by atoms with Crippen LogP contribution in [0.4, 0.5) is 0 Å². The fraction of sp³-hybridized carbons (Fsp3) is 0.263. The molecule has 6 nitrogen and oxygen atoms in total. The van der Waals surface area contributed by atoms with Gasteiger partial charge < -0.3 is 19.3 Å². The summed E-state index contributed by atoms with van der Waals surface area (Å²) in [4.78, 5) is 29.0. The van der Waals surface area contributed by atoms with Crippen LogP contribution in [0, 0.1) is 0 Å². The predicted octanol–water partition coefficient (Wildman–Crippen LogP) is 2.47. The first-order valence-corrected chi connectivity index (χ1v) is 9.28. The normalized spacial score (nSPS) is 16.3. The highest BCUT2D eigenvalue weighted by atomic mass is 32.1. The number of carbonyl (C=O) groups excluding carboxylic acids is 2. The number of benzene rings is 1. The summed E-state index contributed by atoms with van der Waals surface area (Å²) in [6.07, 6.45) is 3.34. The van der Waals surface area contributed by atoms with Crippen LogP contribution in [0.3, 0.4) is 0 Å². The molecule has 0 N–H and O–H groups in total. The van der Waals surface area contributed by atoms with Crippen LogP contribution in [0.2, 0.25) is 0 Å². The Hall–Kier alpha value is -2.80. The van der Waals surface area contributed by atoms with Gasteiger partial charge >= 0.3 is 0 Å². The third-order valence-corrected chi connectivity index (χ3v) is 5.28. The number of ether oxygens (including phenoxy) is 2. The van der Waals surface area contributed by atoms with Crippen molar-refractivity contribution in [3.05, 3.63) is 52.2 Å². The number of fused-ring (bicyclic) bond motifs is 1. The van der Waals surface area contributed by atoms with Crippen molar-refractivity contribution in [1.29, 1.82) is 0 Å². The van der Waals surface area contributed by atoms with E-state index in [1.54, 1.807) is 22.0 Å². The zero-order chi connectivity index (χ0) is 17.9. The molecular weight excluding hydrogens is 352 g/mol. The average molecular weight is 370 g/mol. The molecule has 3 heterocycles. The maximum absolute atomic E-state index is 12.4. The summed E-state index contributed by atoms with van der Waals surface area (Å²) in [6, 6.07) is 9.28. The maximum Gasteiger partial charge on any atom is 0.264 e. The molecule has 134 valence electrons. The van der Waals surface area contributed by atoms with Crippen LogP contribution in [-0.4, -0.2) is 54.6 Å². The fourth-order valence-electron chi connectivity index (χ4n) is 2.98. The highest BCUT2D eigenvalue weighted by Gasteiger charge is 2.24. The molecule has 1 aromatic carbocycles.